The van der Waals surface area contributed by atoms with Gasteiger partial charge in [0.2, 0.25) is 0 Å². The molecule has 0 saturated heterocycles. The van der Waals surface area contributed by atoms with Gasteiger partial charge in [-0.25, -0.2) is 0 Å². The fourth-order valence-electron chi connectivity index (χ4n) is 1.06. The number of aliphatic hydroxyl groups is 1. The second-order valence-corrected chi connectivity index (χ2v) is 9.79. The summed E-state index contributed by atoms with van der Waals surface area (Å²) in [5, 5.41) is 9.37. The summed E-state index contributed by atoms with van der Waals surface area (Å²) in [5.41, 5.74) is 0. The summed E-state index contributed by atoms with van der Waals surface area (Å²) >= 11 is 0. The minimum absolute atomic E-state index is 0.406. The molecule has 0 aliphatic carbocycles. The van der Waals surface area contributed by atoms with Crippen molar-refractivity contribution >= 4 is 8.07 Å². The number of ether oxygens (including phenoxy) is 1. The molecule has 1 unspecified atom stereocenters. The van der Waals surface area contributed by atoms with Crippen molar-refractivity contribution in [2.45, 2.75) is 32.8 Å². The smallest absolute Gasteiger partial charge is 0.106 e. The first-order valence-corrected chi connectivity index (χ1v) is 7.98. The Kier molecular flexibility index (Phi) is 5.00. The molecule has 74 valence electrons. The molecule has 4 heteroatoms. The van der Waals surface area contributed by atoms with E-state index < -0.39 is 14.3 Å². The van der Waals surface area contributed by atoms with E-state index in [0.717, 1.165) is 6.17 Å². The van der Waals surface area contributed by atoms with Crippen LogP contribution in [0.25, 0.3) is 0 Å². The van der Waals surface area contributed by atoms with Crippen molar-refractivity contribution in [3.05, 3.63) is 0 Å². The summed E-state index contributed by atoms with van der Waals surface area (Å²) in [6, 6.07) is 0. The van der Waals surface area contributed by atoms with E-state index in [2.05, 4.69) is 19.6 Å². The maximum absolute atomic E-state index is 9.37. The van der Waals surface area contributed by atoms with E-state index in [9.17, 15) is 5.11 Å². The van der Waals surface area contributed by atoms with Crippen molar-refractivity contribution in [1.29, 1.82) is 0 Å². The van der Waals surface area contributed by atoms with Crippen LogP contribution in [0.15, 0.2) is 0 Å². The van der Waals surface area contributed by atoms with Crippen LogP contribution in [-0.2, 0) is 4.74 Å². The number of rotatable bonds is 5. The highest BCUT2D eigenvalue weighted by Crippen LogP contribution is 2.06. The highest BCUT2D eigenvalue weighted by molar-refractivity contribution is 6.76. The molecule has 3 nitrogen and oxygen atoms in total. The van der Waals surface area contributed by atoms with Crippen molar-refractivity contribution in [3.8, 4) is 0 Å². The van der Waals surface area contributed by atoms with E-state index in [1.807, 2.05) is 4.90 Å². The first-order chi connectivity index (χ1) is 5.37. The molecule has 0 heterocycles. The summed E-state index contributed by atoms with van der Waals surface area (Å²) < 4.78 is 5.00. The highest BCUT2D eigenvalue weighted by atomic mass is 28.3. The SMILES string of the molecule is COCN(C[Si](C)(C)C)C(C)O. The van der Waals surface area contributed by atoms with Gasteiger partial charge in [0.15, 0.2) is 0 Å². The van der Waals surface area contributed by atoms with Crippen LogP contribution < -0.4 is 0 Å². The normalized spacial score (nSPS) is 15.2. The number of nitrogens with zero attached hydrogens (tertiary/aromatic N) is 1. The van der Waals surface area contributed by atoms with Crippen LogP contribution >= 0.6 is 0 Å². The molecule has 0 fully saturated rings. The van der Waals surface area contributed by atoms with Crippen molar-refractivity contribution in [2.24, 2.45) is 0 Å². The lowest BCUT2D eigenvalue weighted by atomic mass is 10.6. The van der Waals surface area contributed by atoms with E-state index in [1.54, 1.807) is 14.0 Å². The van der Waals surface area contributed by atoms with Crippen LogP contribution in [0.1, 0.15) is 6.92 Å². The Morgan fingerprint density at radius 2 is 1.92 bits per heavy atom. The van der Waals surface area contributed by atoms with Gasteiger partial charge in [-0.1, -0.05) is 19.6 Å². The molecule has 0 amide bonds. The minimum atomic E-state index is -1.13. The van der Waals surface area contributed by atoms with Crippen molar-refractivity contribution in [3.63, 3.8) is 0 Å². The molecule has 0 saturated carbocycles. The van der Waals surface area contributed by atoms with E-state index in [-0.39, 0.29) is 0 Å². The zero-order valence-electron chi connectivity index (χ0n) is 8.79. The van der Waals surface area contributed by atoms with Crippen molar-refractivity contribution in [2.75, 3.05) is 20.0 Å². The molecular weight excluding hydrogens is 170 g/mol. The molecule has 0 aromatic heterocycles. The molecule has 0 rings (SSSR count). The molecule has 0 aromatic carbocycles. The molecule has 0 aliphatic rings. The zero-order valence-corrected chi connectivity index (χ0v) is 9.79. The minimum Gasteiger partial charge on any atom is -0.379 e. The molecule has 0 aromatic rings. The zero-order chi connectivity index (χ0) is 9.78. The fraction of sp³-hybridized carbons (Fsp3) is 1.00. The first-order valence-electron chi connectivity index (χ1n) is 4.28. The Bertz CT molecular complexity index is 123. The molecule has 0 radical (unpaired) electrons. The second-order valence-electron chi connectivity index (χ2n) is 4.36. The van der Waals surface area contributed by atoms with Gasteiger partial charge in [0.1, 0.15) is 13.0 Å². The van der Waals surface area contributed by atoms with Crippen LogP contribution in [0.3, 0.4) is 0 Å². The Morgan fingerprint density at radius 1 is 1.42 bits per heavy atom. The summed E-state index contributed by atoms with van der Waals surface area (Å²) in [6.45, 7) is 9.12. The van der Waals surface area contributed by atoms with E-state index in [1.165, 1.54) is 0 Å². The second kappa shape index (κ2) is 4.96. The van der Waals surface area contributed by atoms with Crippen LogP contribution in [0, 0.1) is 0 Å². The lowest BCUT2D eigenvalue weighted by Gasteiger charge is -2.30. The predicted molar refractivity (Wildman–Crippen MR) is 53.6 cm³/mol. The van der Waals surface area contributed by atoms with Gasteiger partial charge in [-0.2, -0.15) is 0 Å². The topological polar surface area (TPSA) is 32.7 Å². The Morgan fingerprint density at radius 3 is 2.17 bits per heavy atom. The Balaban J connectivity index is 3.95. The molecule has 1 atom stereocenters. The summed E-state index contributed by atoms with van der Waals surface area (Å²) in [6.07, 6.45) is 0.565. The summed E-state index contributed by atoms with van der Waals surface area (Å²) in [5.74, 6) is 0. The van der Waals surface area contributed by atoms with Gasteiger partial charge >= 0.3 is 0 Å². The Labute approximate surface area is 76.3 Å². The quantitative estimate of drug-likeness (QED) is 0.522. The van der Waals surface area contributed by atoms with Gasteiger partial charge in [0, 0.05) is 7.11 Å². The van der Waals surface area contributed by atoms with Crippen LogP contribution in [-0.4, -0.2) is 44.3 Å². The number of aliphatic hydroxyl groups excluding tert-OH is 1. The largest absolute Gasteiger partial charge is 0.379 e. The van der Waals surface area contributed by atoms with Crippen LogP contribution in [0.4, 0.5) is 0 Å². The van der Waals surface area contributed by atoms with Crippen LogP contribution in [0.2, 0.25) is 19.6 Å². The van der Waals surface area contributed by atoms with Gasteiger partial charge in [0.05, 0.1) is 8.07 Å². The lowest BCUT2D eigenvalue weighted by molar-refractivity contribution is -0.0389. The number of methoxy groups -OCH3 is 1. The fourth-order valence-corrected chi connectivity index (χ4v) is 2.63. The van der Waals surface area contributed by atoms with E-state index in [4.69, 9.17) is 4.74 Å². The standard InChI is InChI=1S/C8H21NO2Si/c1-8(10)9(6-11-2)7-12(3,4)5/h8,10H,6-7H2,1-5H3. The third-order valence-electron chi connectivity index (χ3n) is 1.50. The third kappa shape index (κ3) is 5.71. The van der Waals surface area contributed by atoms with E-state index in [0.29, 0.717) is 6.73 Å². The summed E-state index contributed by atoms with van der Waals surface area (Å²) in [4.78, 5) is 1.95. The summed E-state index contributed by atoms with van der Waals surface area (Å²) in [7, 11) is 0.518. The van der Waals surface area contributed by atoms with Gasteiger partial charge < -0.3 is 9.84 Å². The van der Waals surface area contributed by atoms with Gasteiger partial charge in [0.25, 0.3) is 0 Å². The molecule has 0 bridgehead atoms. The molecular formula is C8H21NO2Si. The maximum atomic E-state index is 9.37. The highest BCUT2D eigenvalue weighted by Gasteiger charge is 2.20. The van der Waals surface area contributed by atoms with Gasteiger partial charge in [-0.05, 0) is 13.1 Å². The molecule has 0 spiro atoms. The average molecular weight is 191 g/mol. The van der Waals surface area contributed by atoms with Crippen LogP contribution in [0.5, 0.6) is 0 Å². The van der Waals surface area contributed by atoms with Gasteiger partial charge in [-0.15, -0.1) is 0 Å². The third-order valence-corrected chi connectivity index (χ3v) is 2.86. The molecule has 1 N–H and O–H groups in total. The van der Waals surface area contributed by atoms with Gasteiger partial charge in [-0.3, -0.25) is 4.90 Å². The maximum Gasteiger partial charge on any atom is 0.106 e. The average Bonchev–Trinajstić information content (AvgIpc) is 1.83. The lowest BCUT2D eigenvalue weighted by Crippen LogP contribution is -2.45. The molecule has 0 aliphatic heterocycles. The molecule has 12 heavy (non-hydrogen) atoms. The van der Waals surface area contributed by atoms with Crippen molar-refractivity contribution < 1.29 is 9.84 Å². The number of hydrogen-bond donors (Lipinski definition) is 1. The Hall–Kier alpha value is 0.0969. The first kappa shape index (κ1) is 12.1. The van der Waals surface area contributed by atoms with E-state index >= 15 is 0 Å². The monoisotopic (exact) mass is 191 g/mol. The van der Waals surface area contributed by atoms with Crippen molar-refractivity contribution in [1.82, 2.24) is 4.90 Å². The number of hydrogen-bond acceptors (Lipinski definition) is 3. The predicted octanol–water partition coefficient (Wildman–Crippen LogP) is 1.11.